The van der Waals surface area contributed by atoms with Crippen molar-refractivity contribution in [3.63, 3.8) is 0 Å². The lowest BCUT2D eigenvalue weighted by atomic mass is 10.0. The van der Waals surface area contributed by atoms with E-state index in [2.05, 4.69) is 0 Å². The Labute approximate surface area is 83.7 Å². The predicted molar refractivity (Wildman–Crippen MR) is 55.1 cm³/mol. The van der Waals surface area contributed by atoms with E-state index in [0.717, 1.165) is 5.56 Å². The first-order chi connectivity index (χ1) is 6.00. The monoisotopic (exact) mass is 196 g/mol. The number of Topliss-reactive ketones (excluding diaryl/α,β-unsaturated/α-hetero) is 1. The number of alkyl halides is 1. The van der Waals surface area contributed by atoms with Gasteiger partial charge in [0, 0.05) is 6.42 Å². The average molecular weight is 197 g/mol. The van der Waals surface area contributed by atoms with Gasteiger partial charge < -0.3 is 0 Å². The molecule has 0 radical (unpaired) electrons. The molecular weight excluding hydrogens is 184 g/mol. The van der Waals surface area contributed by atoms with E-state index in [1.54, 1.807) is 13.8 Å². The highest BCUT2D eigenvalue weighted by Crippen LogP contribution is 2.16. The summed E-state index contributed by atoms with van der Waals surface area (Å²) in [5.74, 6) is 0.0559. The number of benzene rings is 1. The summed E-state index contributed by atoms with van der Waals surface area (Å²) < 4.78 is 0. The molecule has 0 saturated heterocycles. The zero-order valence-electron chi connectivity index (χ0n) is 7.88. The molecule has 1 aromatic rings. The van der Waals surface area contributed by atoms with Gasteiger partial charge in [-0.1, -0.05) is 30.3 Å². The van der Waals surface area contributed by atoms with E-state index in [9.17, 15) is 4.79 Å². The van der Waals surface area contributed by atoms with Crippen molar-refractivity contribution in [1.29, 1.82) is 0 Å². The van der Waals surface area contributed by atoms with Crippen LogP contribution >= 0.6 is 11.6 Å². The molecule has 0 unspecified atom stereocenters. The van der Waals surface area contributed by atoms with Gasteiger partial charge in [0.25, 0.3) is 0 Å². The summed E-state index contributed by atoms with van der Waals surface area (Å²) in [4.78, 5) is 10.7. The molecule has 0 aromatic heterocycles. The number of halogens is 1. The Bertz CT molecular complexity index is 285. The second-order valence-corrected chi connectivity index (χ2v) is 4.50. The molecule has 0 saturated carbocycles. The lowest BCUT2D eigenvalue weighted by molar-refractivity contribution is -0.120. The number of hydrogen-bond donors (Lipinski definition) is 0. The smallest absolute Gasteiger partial charge is 0.157 e. The normalized spacial score (nSPS) is 11.3. The van der Waals surface area contributed by atoms with Crippen molar-refractivity contribution in [3.05, 3.63) is 35.9 Å². The molecule has 0 aliphatic heterocycles. The molecule has 0 heterocycles. The molecule has 0 amide bonds. The lowest BCUT2D eigenvalue weighted by Crippen LogP contribution is -2.26. The molecule has 0 bridgehead atoms. The minimum Gasteiger partial charge on any atom is -0.297 e. The summed E-state index contributed by atoms with van der Waals surface area (Å²) in [6.45, 7) is 3.44. The minimum absolute atomic E-state index is 0.0559. The maximum absolute atomic E-state index is 11.5. The van der Waals surface area contributed by atoms with Gasteiger partial charge in [0.2, 0.25) is 0 Å². The maximum atomic E-state index is 11.5. The number of rotatable bonds is 3. The molecule has 13 heavy (non-hydrogen) atoms. The number of carbonyl (C=O) groups is 1. The molecule has 0 spiro atoms. The van der Waals surface area contributed by atoms with Crippen molar-refractivity contribution in [3.8, 4) is 0 Å². The molecule has 0 aliphatic carbocycles. The molecule has 1 aromatic carbocycles. The Kier molecular flexibility index (Phi) is 3.10. The van der Waals surface area contributed by atoms with Crippen LogP contribution in [0, 0.1) is 0 Å². The van der Waals surface area contributed by atoms with Gasteiger partial charge in [0.05, 0.1) is 4.87 Å². The fraction of sp³-hybridized carbons (Fsp3) is 0.364. The summed E-state index contributed by atoms with van der Waals surface area (Å²) in [7, 11) is 0. The van der Waals surface area contributed by atoms with Crippen molar-refractivity contribution in [1.82, 2.24) is 0 Å². The average Bonchev–Trinajstić information content (AvgIpc) is 2.04. The van der Waals surface area contributed by atoms with E-state index >= 15 is 0 Å². The van der Waals surface area contributed by atoms with Crippen molar-refractivity contribution < 1.29 is 4.79 Å². The third kappa shape index (κ3) is 3.19. The van der Waals surface area contributed by atoms with Crippen molar-refractivity contribution in [2.45, 2.75) is 25.1 Å². The first-order valence-electron chi connectivity index (χ1n) is 4.26. The number of ketones is 1. The molecule has 0 N–H and O–H groups in total. The highest BCUT2D eigenvalue weighted by atomic mass is 35.5. The van der Waals surface area contributed by atoms with Gasteiger partial charge in [-0.25, -0.2) is 0 Å². The van der Waals surface area contributed by atoms with E-state index in [-0.39, 0.29) is 5.78 Å². The molecule has 1 nitrogen and oxygen atoms in total. The third-order valence-corrected chi connectivity index (χ3v) is 2.08. The molecule has 0 atom stereocenters. The van der Waals surface area contributed by atoms with Crippen LogP contribution in [-0.4, -0.2) is 10.7 Å². The van der Waals surface area contributed by atoms with Crippen molar-refractivity contribution >= 4 is 17.4 Å². The Morgan fingerprint density at radius 2 is 1.85 bits per heavy atom. The molecule has 2 heteroatoms. The second kappa shape index (κ2) is 3.93. The highest BCUT2D eigenvalue weighted by Gasteiger charge is 2.23. The van der Waals surface area contributed by atoms with Crippen LogP contribution in [0.3, 0.4) is 0 Å². The molecule has 0 fully saturated rings. The SMILES string of the molecule is CC(C)(Cl)C(=O)Cc1ccccc1. The van der Waals surface area contributed by atoms with E-state index in [0.29, 0.717) is 6.42 Å². The number of carbonyl (C=O) groups excluding carboxylic acids is 1. The summed E-state index contributed by atoms with van der Waals surface area (Å²) >= 11 is 5.88. The van der Waals surface area contributed by atoms with Crippen LogP contribution in [0.1, 0.15) is 19.4 Å². The largest absolute Gasteiger partial charge is 0.297 e. The van der Waals surface area contributed by atoms with Crippen LogP contribution in [0.2, 0.25) is 0 Å². The van der Waals surface area contributed by atoms with Crippen molar-refractivity contribution in [2.75, 3.05) is 0 Å². The predicted octanol–water partition coefficient (Wildman–Crippen LogP) is 2.82. The molecular formula is C11H13ClO. The number of hydrogen-bond acceptors (Lipinski definition) is 1. The highest BCUT2D eigenvalue weighted by molar-refractivity contribution is 6.34. The van der Waals surface area contributed by atoms with Gasteiger partial charge in [-0.2, -0.15) is 0 Å². The van der Waals surface area contributed by atoms with Crippen molar-refractivity contribution in [2.24, 2.45) is 0 Å². The third-order valence-electron chi connectivity index (χ3n) is 1.87. The Balaban J connectivity index is 2.66. The fourth-order valence-electron chi connectivity index (χ4n) is 0.991. The second-order valence-electron chi connectivity index (χ2n) is 3.56. The van der Waals surface area contributed by atoms with Crippen LogP contribution in [0.15, 0.2) is 30.3 Å². The van der Waals surface area contributed by atoms with E-state index in [4.69, 9.17) is 11.6 Å². The van der Waals surface area contributed by atoms with Crippen LogP contribution in [-0.2, 0) is 11.2 Å². The van der Waals surface area contributed by atoms with Crippen LogP contribution in [0.4, 0.5) is 0 Å². The Hall–Kier alpha value is -0.820. The summed E-state index contributed by atoms with van der Waals surface area (Å²) in [5, 5.41) is 0. The molecule has 1 rings (SSSR count). The van der Waals surface area contributed by atoms with E-state index in [1.807, 2.05) is 30.3 Å². The summed E-state index contributed by atoms with van der Waals surface area (Å²) in [6.07, 6.45) is 0.414. The Morgan fingerprint density at radius 1 is 1.31 bits per heavy atom. The minimum atomic E-state index is -0.754. The quantitative estimate of drug-likeness (QED) is 0.680. The first kappa shape index (κ1) is 10.3. The van der Waals surface area contributed by atoms with Gasteiger partial charge >= 0.3 is 0 Å². The Morgan fingerprint density at radius 3 is 2.31 bits per heavy atom. The molecule has 70 valence electrons. The summed E-state index contributed by atoms with van der Waals surface area (Å²) in [6, 6.07) is 9.63. The van der Waals surface area contributed by atoms with Gasteiger partial charge in [0.1, 0.15) is 0 Å². The fourth-order valence-corrected chi connectivity index (χ4v) is 1.06. The zero-order valence-corrected chi connectivity index (χ0v) is 8.64. The first-order valence-corrected chi connectivity index (χ1v) is 4.64. The van der Waals surface area contributed by atoms with Gasteiger partial charge in [-0.15, -0.1) is 11.6 Å². The zero-order chi connectivity index (χ0) is 9.90. The van der Waals surface area contributed by atoms with Crippen LogP contribution in [0.5, 0.6) is 0 Å². The van der Waals surface area contributed by atoms with Gasteiger partial charge in [0.15, 0.2) is 5.78 Å². The lowest BCUT2D eigenvalue weighted by Gasteiger charge is -2.13. The standard InChI is InChI=1S/C11H13ClO/c1-11(2,12)10(13)8-9-6-4-3-5-7-9/h3-7H,8H2,1-2H3. The van der Waals surface area contributed by atoms with Gasteiger partial charge in [-0.05, 0) is 19.4 Å². The summed E-state index contributed by atoms with van der Waals surface area (Å²) in [5.41, 5.74) is 1.02. The van der Waals surface area contributed by atoms with Gasteiger partial charge in [-0.3, -0.25) is 4.79 Å². The van der Waals surface area contributed by atoms with E-state index < -0.39 is 4.87 Å². The van der Waals surface area contributed by atoms with E-state index in [1.165, 1.54) is 0 Å². The molecule has 0 aliphatic rings. The topological polar surface area (TPSA) is 17.1 Å². The van der Waals surface area contributed by atoms with Crippen LogP contribution in [0.25, 0.3) is 0 Å². The van der Waals surface area contributed by atoms with Crippen LogP contribution < -0.4 is 0 Å². The maximum Gasteiger partial charge on any atom is 0.157 e.